The Bertz CT molecular complexity index is 554. The van der Waals surface area contributed by atoms with Crippen LogP contribution in [0.4, 0.5) is 18.3 Å². The number of alkyl halides is 3. The Kier molecular flexibility index (Phi) is 2.92. The predicted octanol–water partition coefficient (Wildman–Crippen LogP) is 2.85. The van der Waals surface area contributed by atoms with Gasteiger partial charge in [0, 0.05) is 17.7 Å². The summed E-state index contributed by atoms with van der Waals surface area (Å²) in [5.41, 5.74) is 4.51. The molecule has 0 aliphatic carbocycles. The fraction of sp³-hybridized carbons (Fsp3) is 0.125. The van der Waals surface area contributed by atoms with Crippen molar-refractivity contribution in [3.05, 3.63) is 22.8 Å². The molecule has 2 N–H and O–H groups in total. The quantitative estimate of drug-likeness (QED) is 0.872. The number of hydrogen-bond acceptors (Lipinski definition) is 5. The molecule has 4 nitrogen and oxygen atoms in total. The van der Waals surface area contributed by atoms with Crippen molar-refractivity contribution in [1.82, 2.24) is 14.3 Å². The number of nitrogen functional groups attached to an aromatic ring is 1. The summed E-state index contributed by atoms with van der Waals surface area (Å²) in [5, 5.41) is 0.0235. The average Bonchev–Trinajstić information content (AvgIpc) is 2.63. The van der Waals surface area contributed by atoms with E-state index in [2.05, 4.69) is 14.3 Å². The van der Waals surface area contributed by atoms with Gasteiger partial charge in [-0.15, -0.1) is 0 Å². The van der Waals surface area contributed by atoms with Gasteiger partial charge in [0.25, 0.3) is 0 Å². The zero-order valence-corrected chi connectivity index (χ0v) is 9.57. The van der Waals surface area contributed by atoms with Crippen LogP contribution in [0.3, 0.4) is 0 Å². The summed E-state index contributed by atoms with van der Waals surface area (Å²) in [6.07, 6.45) is -3.80. The first kappa shape index (κ1) is 12.1. The van der Waals surface area contributed by atoms with Crippen LogP contribution < -0.4 is 5.73 Å². The van der Waals surface area contributed by atoms with Gasteiger partial charge in [-0.3, -0.25) is 4.98 Å². The van der Waals surface area contributed by atoms with Crippen LogP contribution in [0.15, 0.2) is 12.3 Å². The van der Waals surface area contributed by atoms with Crippen LogP contribution in [0.1, 0.15) is 5.56 Å². The maximum atomic E-state index is 12.4. The minimum absolute atomic E-state index is 0.0765. The Morgan fingerprint density at radius 2 is 2.06 bits per heavy atom. The molecule has 0 aromatic carbocycles. The zero-order chi connectivity index (χ0) is 12.6. The first-order chi connectivity index (χ1) is 7.88. The van der Waals surface area contributed by atoms with Crippen molar-refractivity contribution in [1.29, 1.82) is 0 Å². The van der Waals surface area contributed by atoms with Crippen molar-refractivity contribution in [2.24, 2.45) is 0 Å². The van der Waals surface area contributed by atoms with Gasteiger partial charge in [0.1, 0.15) is 5.69 Å². The molecular weight excluding hydrogens is 277 g/mol. The number of rotatable bonds is 1. The second-order valence-corrected chi connectivity index (χ2v) is 4.20. The van der Waals surface area contributed by atoms with E-state index < -0.39 is 11.7 Å². The monoisotopic (exact) mass is 280 g/mol. The van der Waals surface area contributed by atoms with E-state index in [1.807, 2.05) is 0 Å². The van der Waals surface area contributed by atoms with Crippen LogP contribution in [0.2, 0.25) is 5.02 Å². The molecule has 0 saturated carbocycles. The molecule has 0 aliphatic rings. The van der Waals surface area contributed by atoms with Crippen molar-refractivity contribution >= 4 is 28.3 Å². The lowest BCUT2D eigenvalue weighted by Gasteiger charge is -2.07. The molecule has 17 heavy (non-hydrogen) atoms. The number of pyridine rings is 1. The smallest absolute Gasteiger partial charge is 0.374 e. The minimum Gasteiger partial charge on any atom is -0.374 e. The Hall–Kier alpha value is -1.41. The molecule has 2 aromatic heterocycles. The molecule has 0 spiro atoms. The van der Waals surface area contributed by atoms with E-state index in [9.17, 15) is 13.2 Å². The lowest BCUT2D eigenvalue weighted by molar-refractivity contribution is -0.137. The summed E-state index contributed by atoms with van der Waals surface area (Å²) in [4.78, 5) is 7.39. The Morgan fingerprint density at radius 3 is 2.53 bits per heavy atom. The first-order valence-corrected chi connectivity index (χ1v) is 5.35. The van der Waals surface area contributed by atoms with Crippen molar-refractivity contribution in [3.8, 4) is 11.5 Å². The summed E-state index contributed by atoms with van der Waals surface area (Å²) < 4.78 is 40.9. The van der Waals surface area contributed by atoms with E-state index in [1.54, 1.807) is 0 Å². The molecule has 0 aliphatic heterocycles. The largest absolute Gasteiger partial charge is 0.417 e. The number of anilines is 1. The minimum atomic E-state index is -4.48. The summed E-state index contributed by atoms with van der Waals surface area (Å²) in [7, 11) is 0. The highest BCUT2D eigenvalue weighted by Crippen LogP contribution is 2.33. The molecule has 0 radical (unpaired) electrons. The van der Waals surface area contributed by atoms with Crippen molar-refractivity contribution < 1.29 is 13.2 Å². The van der Waals surface area contributed by atoms with Gasteiger partial charge in [0.15, 0.2) is 11.0 Å². The molecule has 0 atom stereocenters. The summed E-state index contributed by atoms with van der Waals surface area (Å²) in [5.74, 6) is 0.117. The maximum Gasteiger partial charge on any atom is 0.417 e. The van der Waals surface area contributed by atoms with Gasteiger partial charge in [-0.05, 0) is 6.07 Å². The van der Waals surface area contributed by atoms with E-state index in [0.29, 0.717) is 6.20 Å². The van der Waals surface area contributed by atoms with E-state index >= 15 is 0 Å². The molecule has 0 amide bonds. The van der Waals surface area contributed by atoms with Gasteiger partial charge in [-0.1, -0.05) is 11.6 Å². The number of nitrogens with two attached hydrogens (primary N) is 1. The van der Waals surface area contributed by atoms with Gasteiger partial charge >= 0.3 is 6.18 Å². The Balaban J connectivity index is 2.45. The molecule has 2 rings (SSSR count). The van der Waals surface area contributed by atoms with Crippen LogP contribution in [-0.2, 0) is 6.18 Å². The summed E-state index contributed by atoms with van der Waals surface area (Å²) >= 11 is 6.61. The average molecular weight is 281 g/mol. The normalized spacial score (nSPS) is 11.8. The fourth-order valence-corrected chi connectivity index (χ4v) is 1.77. The lowest BCUT2D eigenvalue weighted by Crippen LogP contribution is -2.06. The molecule has 0 fully saturated rings. The molecule has 2 aromatic rings. The highest BCUT2D eigenvalue weighted by molar-refractivity contribution is 7.09. The summed E-state index contributed by atoms with van der Waals surface area (Å²) in [6, 6.07) is 0.779. The lowest BCUT2D eigenvalue weighted by atomic mass is 10.2. The molecule has 2 heterocycles. The van der Waals surface area contributed by atoms with Crippen LogP contribution in [-0.4, -0.2) is 14.3 Å². The SMILES string of the molecule is Nc1nc(-c2ncc(C(F)(F)F)cc2Cl)ns1. The molecule has 0 unspecified atom stereocenters. The number of aromatic nitrogens is 3. The summed E-state index contributed by atoms with van der Waals surface area (Å²) in [6.45, 7) is 0. The van der Waals surface area contributed by atoms with Gasteiger partial charge in [-0.25, -0.2) is 0 Å². The Morgan fingerprint density at radius 1 is 1.35 bits per heavy atom. The second-order valence-electron chi connectivity index (χ2n) is 3.01. The van der Waals surface area contributed by atoms with Crippen LogP contribution >= 0.6 is 23.1 Å². The predicted molar refractivity (Wildman–Crippen MR) is 57.6 cm³/mol. The fourth-order valence-electron chi connectivity index (χ4n) is 1.09. The molecule has 90 valence electrons. The molecule has 0 saturated heterocycles. The van der Waals surface area contributed by atoms with Crippen molar-refractivity contribution in [2.45, 2.75) is 6.18 Å². The van der Waals surface area contributed by atoms with Gasteiger partial charge < -0.3 is 5.73 Å². The first-order valence-electron chi connectivity index (χ1n) is 4.20. The van der Waals surface area contributed by atoms with Crippen LogP contribution in [0, 0.1) is 0 Å². The van der Waals surface area contributed by atoms with Crippen molar-refractivity contribution in [2.75, 3.05) is 5.73 Å². The third kappa shape index (κ3) is 2.47. The van der Waals surface area contributed by atoms with Gasteiger partial charge in [-0.2, -0.15) is 22.5 Å². The molecule has 0 bridgehead atoms. The highest BCUT2D eigenvalue weighted by atomic mass is 35.5. The molecular formula is C8H4ClF3N4S. The third-order valence-electron chi connectivity index (χ3n) is 1.82. The topological polar surface area (TPSA) is 64.7 Å². The third-order valence-corrected chi connectivity index (χ3v) is 2.65. The van der Waals surface area contributed by atoms with Crippen LogP contribution in [0.5, 0.6) is 0 Å². The van der Waals surface area contributed by atoms with E-state index in [-0.39, 0.29) is 21.7 Å². The number of halogens is 4. The van der Waals surface area contributed by atoms with Gasteiger partial charge in [0.2, 0.25) is 0 Å². The van der Waals surface area contributed by atoms with E-state index in [1.165, 1.54) is 0 Å². The van der Waals surface area contributed by atoms with E-state index in [0.717, 1.165) is 17.6 Å². The van der Waals surface area contributed by atoms with Crippen LogP contribution in [0.25, 0.3) is 11.5 Å². The van der Waals surface area contributed by atoms with Crippen molar-refractivity contribution in [3.63, 3.8) is 0 Å². The Labute approximate surface area is 102 Å². The highest BCUT2D eigenvalue weighted by Gasteiger charge is 2.31. The standard InChI is InChI=1S/C8H4ClF3N4S/c9-4-1-3(8(10,11)12)2-14-5(4)6-15-7(13)17-16-6/h1-2H,(H2,13,15,16). The second kappa shape index (κ2) is 4.11. The van der Waals surface area contributed by atoms with Gasteiger partial charge in [0.05, 0.1) is 10.6 Å². The molecule has 9 heteroatoms. The number of nitrogens with zero attached hydrogens (tertiary/aromatic N) is 3. The van der Waals surface area contributed by atoms with E-state index in [4.69, 9.17) is 17.3 Å². The maximum absolute atomic E-state index is 12.4. The number of hydrogen-bond donors (Lipinski definition) is 1. The zero-order valence-electron chi connectivity index (χ0n) is 7.99.